The molecule has 15 heavy (non-hydrogen) atoms. The number of fused-ring (bicyclic) bond motifs is 1. The molecule has 0 saturated heterocycles. The van der Waals surface area contributed by atoms with Crippen LogP contribution in [-0.4, -0.2) is 15.9 Å². The first-order chi connectivity index (χ1) is 7.02. The van der Waals surface area contributed by atoms with Crippen LogP contribution in [0, 0.1) is 0 Å². The van der Waals surface area contributed by atoms with Gasteiger partial charge >= 0.3 is 0 Å². The summed E-state index contributed by atoms with van der Waals surface area (Å²) in [7, 11) is 0. The van der Waals surface area contributed by atoms with Gasteiger partial charge < -0.3 is 5.73 Å². The third kappa shape index (κ3) is 1.92. The topological polar surface area (TPSA) is 43.3 Å². The summed E-state index contributed by atoms with van der Waals surface area (Å²) in [5, 5.41) is 2.19. The zero-order valence-corrected chi connectivity index (χ0v) is 10.3. The fourth-order valence-corrected chi connectivity index (χ4v) is 2.76. The lowest BCUT2D eigenvalue weighted by Gasteiger charge is -2.16. The van der Waals surface area contributed by atoms with Gasteiger partial charge in [0.2, 0.25) is 0 Å². The van der Waals surface area contributed by atoms with Gasteiger partial charge in [0.25, 0.3) is 0 Å². The molecule has 0 atom stereocenters. The summed E-state index contributed by atoms with van der Waals surface area (Å²) in [5.74, 6) is 0. The van der Waals surface area contributed by atoms with E-state index in [1.165, 1.54) is 5.69 Å². The number of rotatable bonds is 2. The Morgan fingerprint density at radius 1 is 1.47 bits per heavy atom. The normalized spacial score (nSPS) is 12.5. The first kappa shape index (κ1) is 10.6. The average Bonchev–Trinajstić information content (AvgIpc) is 2.60. The molecule has 4 heteroatoms. The van der Waals surface area contributed by atoms with Crippen molar-refractivity contribution in [2.75, 3.05) is 6.54 Å². The Labute approximate surface area is 93.9 Å². The zero-order valence-electron chi connectivity index (χ0n) is 9.45. The number of hydrogen-bond acceptors (Lipinski definition) is 3. The second kappa shape index (κ2) is 3.61. The summed E-state index contributed by atoms with van der Waals surface area (Å²) in [5.41, 5.74) is 8.11. The van der Waals surface area contributed by atoms with E-state index in [9.17, 15) is 0 Å². The van der Waals surface area contributed by atoms with Gasteiger partial charge in [-0.3, -0.25) is 4.40 Å². The van der Waals surface area contributed by atoms with E-state index < -0.39 is 0 Å². The molecule has 2 heterocycles. The highest BCUT2D eigenvalue weighted by molar-refractivity contribution is 7.15. The van der Waals surface area contributed by atoms with Crippen LogP contribution in [0.15, 0.2) is 11.6 Å². The van der Waals surface area contributed by atoms with E-state index >= 15 is 0 Å². The van der Waals surface area contributed by atoms with Crippen LogP contribution in [0.1, 0.15) is 32.2 Å². The third-order valence-electron chi connectivity index (χ3n) is 2.43. The van der Waals surface area contributed by atoms with Crippen molar-refractivity contribution in [3.8, 4) is 0 Å². The van der Waals surface area contributed by atoms with E-state index in [1.807, 2.05) is 0 Å². The van der Waals surface area contributed by atoms with Gasteiger partial charge in [0.15, 0.2) is 4.96 Å². The molecule has 0 aliphatic rings. The van der Waals surface area contributed by atoms with Crippen LogP contribution >= 0.6 is 11.3 Å². The molecule has 0 amide bonds. The van der Waals surface area contributed by atoms with Crippen molar-refractivity contribution in [2.45, 2.75) is 32.6 Å². The smallest absolute Gasteiger partial charge is 0.194 e. The molecule has 82 valence electrons. The highest BCUT2D eigenvalue weighted by Gasteiger charge is 2.19. The summed E-state index contributed by atoms with van der Waals surface area (Å²) in [6, 6.07) is 0. The summed E-state index contributed by atoms with van der Waals surface area (Å²) in [6.45, 7) is 7.32. The molecular formula is C11H17N3S. The van der Waals surface area contributed by atoms with E-state index in [0.29, 0.717) is 6.54 Å². The van der Waals surface area contributed by atoms with Crippen molar-refractivity contribution in [2.24, 2.45) is 5.73 Å². The van der Waals surface area contributed by atoms with Crippen LogP contribution in [0.4, 0.5) is 0 Å². The summed E-state index contributed by atoms with van der Waals surface area (Å²) >= 11 is 1.70. The van der Waals surface area contributed by atoms with Crippen molar-refractivity contribution < 1.29 is 0 Å². The van der Waals surface area contributed by atoms with Crippen LogP contribution < -0.4 is 5.73 Å². The van der Waals surface area contributed by atoms with Crippen LogP contribution in [0.25, 0.3) is 4.96 Å². The predicted molar refractivity (Wildman–Crippen MR) is 64.5 cm³/mol. The molecule has 2 rings (SSSR count). The molecule has 3 nitrogen and oxygen atoms in total. The highest BCUT2D eigenvalue weighted by atomic mass is 32.1. The van der Waals surface area contributed by atoms with Gasteiger partial charge in [-0.15, -0.1) is 11.3 Å². The Balaban J connectivity index is 2.49. The molecule has 0 aliphatic carbocycles. The van der Waals surface area contributed by atoms with Gasteiger partial charge in [-0.25, -0.2) is 4.98 Å². The molecule has 0 aliphatic heterocycles. The van der Waals surface area contributed by atoms with Gasteiger partial charge in [-0.1, -0.05) is 20.8 Å². The van der Waals surface area contributed by atoms with E-state index in [1.54, 1.807) is 11.3 Å². The lowest BCUT2D eigenvalue weighted by molar-refractivity contribution is 0.564. The third-order valence-corrected chi connectivity index (χ3v) is 3.27. The minimum atomic E-state index is 0.166. The molecular weight excluding hydrogens is 206 g/mol. The Hall–Kier alpha value is -0.870. The number of hydrogen-bond donors (Lipinski definition) is 1. The second-order valence-corrected chi connectivity index (χ2v) is 5.63. The van der Waals surface area contributed by atoms with E-state index in [-0.39, 0.29) is 5.41 Å². The maximum atomic E-state index is 5.53. The second-order valence-electron chi connectivity index (χ2n) is 4.79. The lowest BCUT2D eigenvalue weighted by atomic mass is 9.93. The number of nitrogens with zero attached hydrogens (tertiary/aromatic N) is 2. The van der Waals surface area contributed by atoms with Crippen molar-refractivity contribution in [1.82, 2.24) is 9.38 Å². The Bertz CT molecular complexity index is 462. The van der Waals surface area contributed by atoms with Gasteiger partial charge in [-0.2, -0.15) is 0 Å². The maximum Gasteiger partial charge on any atom is 0.194 e. The predicted octanol–water partition coefficient (Wildman–Crippen LogP) is 2.19. The van der Waals surface area contributed by atoms with Crippen molar-refractivity contribution >= 4 is 16.3 Å². The first-order valence-electron chi connectivity index (χ1n) is 5.18. The van der Waals surface area contributed by atoms with Crippen molar-refractivity contribution in [3.63, 3.8) is 0 Å². The van der Waals surface area contributed by atoms with E-state index in [2.05, 4.69) is 41.7 Å². The largest absolute Gasteiger partial charge is 0.330 e. The molecule has 0 spiro atoms. The Morgan fingerprint density at radius 2 is 2.20 bits per heavy atom. The fraction of sp³-hybridized carbons (Fsp3) is 0.545. The minimum Gasteiger partial charge on any atom is -0.330 e. The lowest BCUT2D eigenvalue weighted by Crippen LogP contribution is -2.13. The van der Waals surface area contributed by atoms with E-state index in [4.69, 9.17) is 5.73 Å². The first-order valence-corrected chi connectivity index (χ1v) is 6.06. The van der Waals surface area contributed by atoms with Crippen molar-refractivity contribution in [1.29, 1.82) is 0 Å². The SMILES string of the molecule is CC(C)(C)c1csc2nc(CCN)cn12. The molecule has 0 fully saturated rings. The summed E-state index contributed by atoms with van der Waals surface area (Å²) < 4.78 is 2.19. The van der Waals surface area contributed by atoms with Crippen LogP contribution in [0.5, 0.6) is 0 Å². The zero-order chi connectivity index (χ0) is 11.1. The minimum absolute atomic E-state index is 0.166. The molecule has 0 unspecified atom stereocenters. The quantitative estimate of drug-likeness (QED) is 0.848. The van der Waals surface area contributed by atoms with Gasteiger partial charge in [-0.05, 0) is 6.54 Å². The van der Waals surface area contributed by atoms with Crippen LogP contribution in [0.3, 0.4) is 0 Å². The van der Waals surface area contributed by atoms with Gasteiger partial charge in [0.1, 0.15) is 0 Å². The molecule has 0 saturated carbocycles. The summed E-state index contributed by atoms with van der Waals surface area (Å²) in [4.78, 5) is 5.61. The monoisotopic (exact) mass is 223 g/mol. The van der Waals surface area contributed by atoms with Gasteiger partial charge in [0.05, 0.1) is 5.69 Å². The maximum absolute atomic E-state index is 5.53. The molecule has 0 bridgehead atoms. The molecule has 0 radical (unpaired) electrons. The van der Waals surface area contributed by atoms with Crippen LogP contribution in [0.2, 0.25) is 0 Å². The van der Waals surface area contributed by atoms with Crippen molar-refractivity contribution in [3.05, 3.63) is 23.0 Å². The van der Waals surface area contributed by atoms with Crippen LogP contribution in [-0.2, 0) is 11.8 Å². The number of imidazole rings is 1. The molecule has 2 aromatic rings. The summed E-state index contributed by atoms with van der Waals surface area (Å²) in [6.07, 6.45) is 2.97. The molecule has 2 N–H and O–H groups in total. The highest BCUT2D eigenvalue weighted by Crippen LogP contribution is 2.27. The number of aromatic nitrogens is 2. The van der Waals surface area contributed by atoms with Gasteiger partial charge in [0, 0.05) is 29.1 Å². The van der Waals surface area contributed by atoms with E-state index in [0.717, 1.165) is 17.1 Å². The fourth-order valence-electron chi connectivity index (χ4n) is 1.64. The number of thiazole rings is 1. The Morgan fingerprint density at radius 3 is 2.80 bits per heavy atom. The Kier molecular flexibility index (Phi) is 2.56. The average molecular weight is 223 g/mol. The molecule has 0 aromatic carbocycles. The molecule has 2 aromatic heterocycles. The number of nitrogens with two attached hydrogens (primary N) is 1. The standard InChI is InChI=1S/C11H17N3S/c1-11(2,3)9-7-15-10-13-8(4-5-12)6-14(9)10/h6-7H,4-5,12H2,1-3H3.